The highest BCUT2D eigenvalue weighted by Gasteiger charge is 2.20. The molecule has 1 aliphatic carbocycles. The first kappa shape index (κ1) is 14.1. The molecule has 0 spiro atoms. The first-order valence-corrected chi connectivity index (χ1v) is 8.52. The van der Waals surface area contributed by atoms with E-state index in [0.717, 1.165) is 5.02 Å². The lowest BCUT2D eigenvalue weighted by molar-refractivity contribution is 0.698. The monoisotopic (exact) mass is 305 g/mol. The number of rotatable bonds is 3. The Morgan fingerprint density at radius 2 is 1.95 bits per heavy atom. The Balaban J connectivity index is 1.96. The summed E-state index contributed by atoms with van der Waals surface area (Å²) in [6, 6.07) is 10.7. The average Bonchev–Trinajstić information content (AvgIpc) is 2.72. The minimum Gasteiger partial charge on any atom is -0.309 e. The van der Waals surface area contributed by atoms with Gasteiger partial charge in [-0.15, -0.1) is 11.3 Å². The lowest BCUT2D eigenvalue weighted by atomic mass is 10.0. The van der Waals surface area contributed by atoms with Gasteiger partial charge in [-0.25, -0.2) is 0 Å². The molecule has 0 aliphatic heterocycles. The van der Waals surface area contributed by atoms with Gasteiger partial charge in [0.1, 0.15) is 0 Å². The van der Waals surface area contributed by atoms with Crippen LogP contribution in [0.2, 0.25) is 5.02 Å². The molecule has 1 atom stereocenters. The fourth-order valence-corrected chi connectivity index (χ4v) is 4.62. The molecule has 0 fully saturated rings. The predicted molar refractivity (Wildman–Crippen MR) is 87.9 cm³/mol. The zero-order valence-corrected chi connectivity index (χ0v) is 13.4. The van der Waals surface area contributed by atoms with Crippen LogP contribution in [0.1, 0.15) is 46.2 Å². The number of nitrogens with one attached hydrogen (secondary N) is 1. The Labute approximate surface area is 130 Å². The van der Waals surface area contributed by atoms with E-state index in [1.807, 2.05) is 30.5 Å². The molecule has 1 aromatic carbocycles. The minimum atomic E-state index is 0.209. The summed E-state index contributed by atoms with van der Waals surface area (Å²) in [5.41, 5.74) is 2.74. The van der Waals surface area contributed by atoms with E-state index in [9.17, 15) is 0 Å². The summed E-state index contributed by atoms with van der Waals surface area (Å²) in [6.45, 7) is 0. The van der Waals surface area contributed by atoms with Crippen molar-refractivity contribution >= 4 is 22.9 Å². The number of benzene rings is 1. The van der Waals surface area contributed by atoms with Crippen molar-refractivity contribution < 1.29 is 0 Å². The van der Waals surface area contributed by atoms with Gasteiger partial charge in [-0.3, -0.25) is 0 Å². The summed E-state index contributed by atoms with van der Waals surface area (Å²) < 4.78 is 0. The van der Waals surface area contributed by atoms with E-state index in [4.69, 9.17) is 11.6 Å². The Kier molecular flexibility index (Phi) is 4.45. The van der Waals surface area contributed by atoms with Crippen molar-refractivity contribution in [3.05, 3.63) is 56.2 Å². The normalized spacial score (nSPS) is 16.5. The highest BCUT2D eigenvalue weighted by atomic mass is 35.5. The summed E-state index contributed by atoms with van der Waals surface area (Å²) in [5.74, 6) is 0. The van der Waals surface area contributed by atoms with Crippen LogP contribution in [0.4, 0.5) is 0 Å². The highest BCUT2D eigenvalue weighted by Crippen LogP contribution is 2.36. The maximum absolute atomic E-state index is 6.37. The number of hydrogen-bond acceptors (Lipinski definition) is 2. The first-order valence-electron chi connectivity index (χ1n) is 7.33. The van der Waals surface area contributed by atoms with Gasteiger partial charge in [0, 0.05) is 14.8 Å². The smallest absolute Gasteiger partial charge is 0.0683 e. The molecule has 1 nitrogen and oxygen atoms in total. The predicted octanol–water partition coefficient (Wildman–Crippen LogP) is 4.98. The third-order valence-corrected chi connectivity index (χ3v) is 5.70. The van der Waals surface area contributed by atoms with E-state index in [2.05, 4.69) is 23.5 Å². The zero-order chi connectivity index (χ0) is 13.9. The number of fused-ring (bicyclic) bond motifs is 1. The molecule has 1 aromatic heterocycles. The highest BCUT2D eigenvalue weighted by molar-refractivity contribution is 7.12. The van der Waals surface area contributed by atoms with Crippen LogP contribution in [0.15, 0.2) is 30.3 Å². The third-order valence-electron chi connectivity index (χ3n) is 4.06. The number of halogens is 1. The maximum atomic E-state index is 6.37. The molecule has 1 N–H and O–H groups in total. The van der Waals surface area contributed by atoms with Gasteiger partial charge >= 0.3 is 0 Å². The maximum Gasteiger partial charge on any atom is 0.0683 e. The second-order valence-corrected chi connectivity index (χ2v) is 6.98. The lowest BCUT2D eigenvalue weighted by Crippen LogP contribution is -2.16. The van der Waals surface area contributed by atoms with Crippen molar-refractivity contribution in [3.8, 4) is 0 Å². The van der Waals surface area contributed by atoms with Crippen molar-refractivity contribution in [2.45, 2.75) is 38.1 Å². The quantitative estimate of drug-likeness (QED) is 0.789. The molecule has 0 saturated heterocycles. The topological polar surface area (TPSA) is 12.0 Å². The van der Waals surface area contributed by atoms with Crippen LogP contribution in [0, 0.1) is 0 Å². The fraction of sp³-hybridized carbons (Fsp3) is 0.412. The van der Waals surface area contributed by atoms with Crippen molar-refractivity contribution in [1.82, 2.24) is 5.32 Å². The van der Waals surface area contributed by atoms with Crippen molar-refractivity contribution in [2.24, 2.45) is 0 Å². The molecule has 2 aromatic rings. The average molecular weight is 306 g/mol. The fourth-order valence-electron chi connectivity index (χ4n) is 2.99. The van der Waals surface area contributed by atoms with Crippen molar-refractivity contribution in [1.29, 1.82) is 0 Å². The summed E-state index contributed by atoms with van der Waals surface area (Å²) in [7, 11) is 2.01. The molecule has 3 rings (SSSR count). The van der Waals surface area contributed by atoms with Gasteiger partial charge in [0.2, 0.25) is 0 Å². The molecular formula is C17H20ClNS. The molecule has 0 bridgehead atoms. The molecule has 1 aliphatic rings. The first-order chi connectivity index (χ1) is 9.79. The van der Waals surface area contributed by atoms with Gasteiger partial charge in [-0.2, -0.15) is 0 Å². The van der Waals surface area contributed by atoms with Crippen LogP contribution in [0.25, 0.3) is 0 Å². The summed E-state index contributed by atoms with van der Waals surface area (Å²) >= 11 is 8.33. The number of hydrogen-bond donors (Lipinski definition) is 1. The van der Waals surface area contributed by atoms with Crippen LogP contribution < -0.4 is 5.32 Å². The lowest BCUT2D eigenvalue weighted by Gasteiger charge is -2.16. The van der Waals surface area contributed by atoms with E-state index < -0.39 is 0 Å². The number of thiophene rings is 1. The molecule has 3 heteroatoms. The Morgan fingerprint density at radius 1 is 1.15 bits per heavy atom. The van der Waals surface area contributed by atoms with Gasteiger partial charge in [-0.1, -0.05) is 36.2 Å². The van der Waals surface area contributed by atoms with Gasteiger partial charge in [0.15, 0.2) is 0 Å². The second-order valence-electron chi connectivity index (χ2n) is 5.40. The molecule has 0 saturated carbocycles. The summed E-state index contributed by atoms with van der Waals surface area (Å²) in [5, 5.41) is 4.27. The minimum absolute atomic E-state index is 0.209. The number of aryl methyl sites for hydroxylation is 2. The molecule has 0 amide bonds. The van der Waals surface area contributed by atoms with E-state index in [1.165, 1.54) is 42.5 Å². The van der Waals surface area contributed by atoms with Gasteiger partial charge in [-0.05, 0) is 56.0 Å². The standard InChI is InChI=1S/C17H20ClNS/c1-19-17(13-8-5-6-9-14(13)18)16-11-12-7-3-2-4-10-15(12)20-16/h5-6,8-9,11,17,19H,2-4,7,10H2,1H3. The largest absolute Gasteiger partial charge is 0.309 e. The zero-order valence-electron chi connectivity index (χ0n) is 11.8. The van der Waals surface area contributed by atoms with Gasteiger partial charge < -0.3 is 5.32 Å². The van der Waals surface area contributed by atoms with Crippen LogP contribution in [-0.2, 0) is 12.8 Å². The van der Waals surface area contributed by atoms with E-state index in [0.29, 0.717) is 0 Å². The summed E-state index contributed by atoms with van der Waals surface area (Å²) in [6.07, 6.45) is 6.53. The molecule has 106 valence electrons. The molecule has 1 unspecified atom stereocenters. The van der Waals surface area contributed by atoms with Crippen molar-refractivity contribution in [3.63, 3.8) is 0 Å². The van der Waals surface area contributed by atoms with E-state index >= 15 is 0 Å². The Hall–Kier alpha value is -0.830. The van der Waals surface area contributed by atoms with Crippen LogP contribution >= 0.6 is 22.9 Å². The Morgan fingerprint density at radius 3 is 2.75 bits per heavy atom. The molecule has 20 heavy (non-hydrogen) atoms. The molecule has 1 heterocycles. The summed E-state index contributed by atoms with van der Waals surface area (Å²) in [4.78, 5) is 2.98. The SMILES string of the molecule is CNC(c1cc2c(s1)CCCCC2)c1ccccc1Cl. The van der Waals surface area contributed by atoms with Crippen LogP contribution in [-0.4, -0.2) is 7.05 Å². The van der Waals surface area contributed by atoms with Crippen molar-refractivity contribution in [2.75, 3.05) is 7.05 Å². The van der Waals surface area contributed by atoms with E-state index in [-0.39, 0.29) is 6.04 Å². The second kappa shape index (κ2) is 6.30. The van der Waals surface area contributed by atoms with Crippen LogP contribution in [0.3, 0.4) is 0 Å². The molecular weight excluding hydrogens is 286 g/mol. The molecule has 0 radical (unpaired) electrons. The third kappa shape index (κ3) is 2.78. The van der Waals surface area contributed by atoms with Gasteiger partial charge in [0.05, 0.1) is 6.04 Å². The Bertz CT molecular complexity index is 567. The van der Waals surface area contributed by atoms with E-state index in [1.54, 1.807) is 10.4 Å². The van der Waals surface area contributed by atoms with Gasteiger partial charge in [0.25, 0.3) is 0 Å². The van der Waals surface area contributed by atoms with Crippen LogP contribution in [0.5, 0.6) is 0 Å².